The molecule has 0 radical (unpaired) electrons. The van der Waals surface area contributed by atoms with Crippen LogP contribution in [0, 0.1) is 17.3 Å². The van der Waals surface area contributed by atoms with Crippen LogP contribution in [-0.4, -0.2) is 29.1 Å². The van der Waals surface area contributed by atoms with E-state index in [1.165, 1.54) is 6.08 Å². The van der Waals surface area contributed by atoms with Gasteiger partial charge in [0.1, 0.15) is 12.2 Å². The quantitative estimate of drug-likeness (QED) is 0.529. The van der Waals surface area contributed by atoms with Crippen LogP contribution in [0.5, 0.6) is 0 Å². The summed E-state index contributed by atoms with van der Waals surface area (Å²) in [5.41, 5.74) is 0.983. The Morgan fingerprint density at radius 2 is 2.16 bits per heavy atom. The van der Waals surface area contributed by atoms with Gasteiger partial charge in [-0.2, -0.15) is 0 Å². The molecule has 4 nitrogen and oxygen atoms in total. The summed E-state index contributed by atoms with van der Waals surface area (Å²) in [7, 11) is 0. The molecular weight excluding hydrogens is 244 g/mol. The van der Waals surface area contributed by atoms with Gasteiger partial charge in [0.15, 0.2) is 5.78 Å². The number of aliphatic hydroxyl groups is 1. The van der Waals surface area contributed by atoms with E-state index in [9.17, 15) is 14.7 Å². The van der Waals surface area contributed by atoms with E-state index in [-0.39, 0.29) is 29.7 Å². The smallest absolute Gasteiger partial charge is 0.334 e. The van der Waals surface area contributed by atoms with Crippen LogP contribution >= 0.6 is 0 Å². The molecule has 5 atom stereocenters. The summed E-state index contributed by atoms with van der Waals surface area (Å²) in [6.07, 6.45) is 1.53. The molecule has 0 aromatic rings. The largest absolute Gasteiger partial charge is 0.458 e. The Labute approximate surface area is 112 Å². The van der Waals surface area contributed by atoms with E-state index in [2.05, 4.69) is 6.58 Å². The molecule has 0 unspecified atom stereocenters. The number of allylic oxidation sites excluding steroid dienone is 1. The fourth-order valence-corrected chi connectivity index (χ4v) is 3.99. The summed E-state index contributed by atoms with van der Waals surface area (Å²) < 4.78 is 5.33. The molecule has 102 valence electrons. The van der Waals surface area contributed by atoms with Crippen molar-refractivity contribution in [1.82, 2.24) is 0 Å². The first-order chi connectivity index (χ1) is 8.84. The van der Waals surface area contributed by atoms with Crippen molar-refractivity contribution in [2.24, 2.45) is 17.3 Å². The Balaban J connectivity index is 2.01. The Morgan fingerprint density at radius 1 is 1.47 bits per heavy atom. The number of aliphatic hydroxyl groups excluding tert-OH is 1. The molecular formula is C15H18O4. The Bertz CT molecular complexity index is 518. The van der Waals surface area contributed by atoms with Gasteiger partial charge in [-0.25, -0.2) is 4.79 Å². The third kappa shape index (κ3) is 1.56. The van der Waals surface area contributed by atoms with Crippen LogP contribution in [-0.2, 0) is 14.3 Å². The highest BCUT2D eigenvalue weighted by atomic mass is 16.6. The number of carbonyl (C=O) groups is 2. The van der Waals surface area contributed by atoms with Crippen LogP contribution in [0.3, 0.4) is 0 Å². The van der Waals surface area contributed by atoms with Crippen molar-refractivity contribution in [2.75, 3.05) is 0 Å². The molecule has 1 N–H and O–H groups in total. The van der Waals surface area contributed by atoms with E-state index in [1.807, 2.05) is 13.8 Å². The zero-order valence-corrected chi connectivity index (χ0v) is 11.2. The van der Waals surface area contributed by atoms with Gasteiger partial charge in [-0.1, -0.05) is 19.1 Å². The van der Waals surface area contributed by atoms with E-state index in [0.29, 0.717) is 12.0 Å². The average molecular weight is 262 g/mol. The first kappa shape index (κ1) is 12.6. The normalized spacial score (nSPS) is 45.4. The number of hydrogen-bond donors (Lipinski definition) is 1. The molecule has 1 aliphatic heterocycles. The van der Waals surface area contributed by atoms with Crippen molar-refractivity contribution in [1.29, 1.82) is 0 Å². The summed E-state index contributed by atoms with van der Waals surface area (Å²) in [5.74, 6) is -0.445. The predicted octanol–water partition coefficient (Wildman–Crippen LogP) is 1.39. The highest BCUT2D eigenvalue weighted by Crippen LogP contribution is 2.54. The standard InChI is InChI=1S/C15H18O4/c1-7-4-11(16)13(17)15(3)6-12-9(5-10(7)15)8(2)14(18)19-12/h4,9-10,12-13,17H,2,5-6H2,1,3H3/t9-,10+,12-,13+,15-/m1/s1. The lowest BCUT2D eigenvalue weighted by molar-refractivity contribution is -0.148. The molecule has 0 amide bonds. The number of fused-ring (bicyclic) bond motifs is 2. The zero-order chi connectivity index (χ0) is 13.9. The number of rotatable bonds is 0. The SMILES string of the molecule is C=C1C(=O)O[C@@H]2C[C@@]3(C)[C@@H](O)C(=O)C=C(C)[C@@H]3C[C@H]12. The molecule has 4 heteroatoms. The monoisotopic (exact) mass is 262 g/mol. The highest BCUT2D eigenvalue weighted by Gasteiger charge is 2.56. The molecule has 0 spiro atoms. The topological polar surface area (TPSA) is 63.6 Å². The predicted molar refractivity (Wildman–Crippen MR) is 68.1 cm³/mol. The second kappa shape index (κ2) is 3.79. The van der Waals surface area contributed by atoms with Crippen LogP contribution in [0.25, 0.3) is 0 Å². The second-order valence-electron chi connectivity index (χ2n) is 6.27. The van der Waals surface area contributed by atoms with Gasteiger partial charge < -0.3 is 9.84 Å². The molecule has 19 heavy (non-hydrogen) atoms. The molecule has 1 saturated heterocycles. The van der Waals surface area contributed by atoms with Gasteiger partial charge in [0, 0.05) is 16.9 Å². The number of hydrogen-bond acceptors (Lipinski definition) is 4. The van der Waals surface area contributed by atoms with Crippen LogP contribution in [0.1, 0.15) is 26.7 Å². The van der Waals surface area contributed by atoms with Gasteiger partial charge >= 0.3 is 5.97 Å². The number of ether oxygens (including phenoxy) is 1. The number of ketones is 1. The molecule has 1 heterocycles. The Kier molecular flexibility index (Phi) is 2.52. The molecule has 2 aliphatic carbocycles. The van der Waals surface area contributed by atoms with Crippen molar-refractivity contribution in [2.45, 2.75) is 38.9 Å². The maximum absolute atomic E-state index is 11.8. The minimum absolute atomic E-state index is 0.0225. The Morgan fingerprint density at radius 3 is 2.84 bits per heavy atom. The second-order valence-corrected chi connectivity index (χ2v) is 6.27. The van der Waals surface area contributed by atoms with E-state index in [4.69, 9.17) is 4.74 Å². The van der Waals surface area contributed by atoms with Gasteiger partial charge in [0.25, 0.3) is 0 Å². The average Bonchev–Trinajstić information content (AvgIpc) is 2.60. The molecule has 3 rings (SSSR count). The summed E-state index contributed by atoms with van der Waals surface area (Å²) in [5, 5.41) is 10.2. The van der Waals surface area contributed by atoms with Crippen LogP contribution in [0.15, 0.2) is 23.8 Å². The fourth-order valence-electron chi connectivity index (χ4n) is 3.99. The summed E-state index contributed by atoms with van der Waals surface area (Å²) in [6, 6.07) is 0. The van der Waals surface area contributed by atoms with E-state index >= 15 is 0 Å². The fraction of sp³-hybridized carbons (Fsp3) is 0.600. The summed E-state index contributed by atoms with van der Waals surface area (Å²) in [4.78, 5) is 23.4. The van der Waals surface area contributed by atoms with Crippen LogP contribution in [0.2, 0.25) is 0 Å². The molecule has 3 aliphatic rings. The van der Waals surface area contributed by atoms with Crippen molar-refractivity contribution in [3.63, 3.8) is 0 Å². The zero-order valence-electron chi connectivity index (χ0n) is 11.2. The number of carbonyl (C=O) groups excluding carboxylic acids is 2. The lowest BCUT2D eigenvalue weighted by Crippen LogP contribution is -2.53. The minimum atomic E-state index is -1.00. The van der Waals surface area contributed by atoms with Crippen molar-refractivity contribution in [3.8, 4) is 0 Å². The van der Waals surface area contributed by atoms with Crippen molar-refractivity contribution in [3.05, 3.63) is 23.8 Å². The lowest BCUT2D eigenvalue weighted by Gasteiger charge is -2.49. The first-order valence-corrected chi connectivity index (χ1v) is 6.64. The summed E-state index contributed by atoms with van der Waals surface area (Å²) in [6.45, 7) is 7.66. The van der Waals surface area contributed by atoms with Crippen molar-refractivity contribution < 1.29 is 19.4 Å². The maximum atomic E-state index is 11.8. The first-order valence-electron chi connectivity index (χ1n) is 6.64. The third-order valence-corrected chi connectivity index (χ3v) is 5.16. The van der Waals surface area contributed by atoms with E-state index in [1.54, 1.807) is 0 Å². The number of esters is 1. The lowest BCUT2D eigenvalue weighted by atomic mass is 9.55. The molecule has 1 saturated carbocycles. The van der Waals surface area contributed by atoms with Crippen molar-refractivity contribution >= 4 is 11.8 Å². The molecule has 0 aromatic heterocycles. The van der Waals surface area contributed by atoms with Gasteiger partial charge in [-0.05, 0) is 31.8 Å². The van der Waals surface area contributed by atoms with Crippen LogP contribution in [0.4, 0.5) is 0 Å². The third-order valence-electron chi connectivity index (χ3n) is 5.16. The highest BCUT2D eigenvalue weighted by molar-refractivity contribution is 5.96. The van der Waals surface area contributed by atoms with Gasteiger partial charge in [0.05, 0.1) is 0 Å². The minimum Gasteiger partial charge on any atom is -0.458 e. The summed E-state index contributed by atoms with van der Waals surface area (Å²) >= 11 is 0. The maximum Gasteiger partial charge on any atom is 0.334 e. The van der Waals surface area contributed by atoms with Gasteiger partial charge in [-0.15, -0.1) is 0 Å². The molecule has 2 fully saturated rings. The van der Waals surface area contributed by atoms with Crippen LogP contribution < -0.4 is 0 Å². The van der Waals surface area contributed by atoms with Gasteiger partial charge in [0.2, 0.25) is 0 Å². The van der Waals surface area contributed by atoms with E-state index in [0.717, 1.165) is 12.0 Å². The van der Waals surface area contributed by atoms with Gasteiger partial charge in [-0.3, -0.25) is 4.79 Å². The molecule has 0 bridgehead atoms. The van der Waals surface area contributed by atoms with E-state index < -0.39 is 11.5 Å². The Hall–Kier alpha value is -1.42. The molecule has 0 aromatic carbocycles.